The van der Waals surface area contributed by atoms with Crippen molar-refractivity contribution in [3.63, 3.8) is 0 Å². The van der Waals surface area contributed by atoms with Crippen LogP contribution in [-0.2, 0) is 9.53 Å². The van der Waals surface area contributed by atoms with Crippen LogP contribution in [0, 0.1) is 0 Å². The van der Waals surface area contributed by atoms with Crippen LogP contribution < -0.4 is 5.32 Å². The van der Waals surface area contributed by atoms with Gasteiger partial charge in [-0.15, -0.1) is 16.9 Å². The van der Waals surface area contributed by atoms with Crippen molar-refractivity contribution in [3.05, 3.63) is 36.2 Å². The molecule has 0 spiro atoms. The quantitative estimate of drug-likeness (QED) is 0.618. The Morgan fingerprint density at radius 2 is 2.17 bits per heavy atom. The Kier molecular flexibility index (Phi) is 5.65. The van der Waals surface area contributed by atoms with Gasteiger partial charge in [0.05, 0.1) is 0 Å². The molecule has 0 aliphatic carbocycles. The van der Waals surface area contributed by atoms with Gasteiger partial charge in [0.2, 0.25) is 11.8 Å². The van der Waals surface area contributed by atoms with Crippen molar-refractivity contribution in [1.82, 2.24) is 10.2 Å². The van der Waals surface area contributed by atoms with Crippen LogP contribution in [0.2, 0.25) is 0 Å². The van der Waals surface area contributed by atoms with Crippen molar-refractivity contribution in [2.45, 2.75) is 36.7 Å². The van der Waals surface area contributed by atoms with Crippen molar-refractivity contribution < 1.29 is 13.9 Å². The normalized spacial score (nSPS) is 17.3. The van der Waals surface area contributed by atoms with Gasteiger partial charge in [0.1, 0.15) is 6.10 Å². The van der Waals surface area contributed by atoms with E-state index in [9.17, 15) is 4.79 Å². The molecular weight excluding hydrogens is 314 g/mol. The zero-order valence-electron chi connectivity index (χ0n) is 12.7. The van der Waals surface area contributed by atoms with Crippen molar-refractivity contribution in [2.75, 3.05) is 17.7 Å². The SMILES string of the molecule is O=C(CCCSc1ccccc1)Nc1nnc(C2CCCO2)o1. The number of ether oxygens (including phenoxy) is 1. The zero-order chi connectivity index (χ0) is 15.9. The van der Waals surface area contributed by atoms with E-state index in [1.165, 1.54) is 4.90 Å². The number of aromatic nitrogens is 2. The molecule has 6 nitrogen and oxygen atoms in total. The number of benzene rings is 1. The predicted octanol–water partition coefficient (Wildman–Crippen LogP) is 3.43. The van der Waals surface area contributed by atoms with E-state index in [1.54, 1.807) is 11.8 Å². The van der Waals surface area contributed by atoms with E-state index < -0.39 is 0 Å². The molecule has 7 heteroatoms. The third-order valence-electron chi connectivity index (χ3n) is 3.45. The lowest BCUT2D eigenvalue weighted by Gasteiger charge is -2.03. The molecule has 1 atom stereocenters. The second kappa shape index (κ2) is 8.12. The number of amides is 1. The number of carbonyl (C=O) groups is 1. The highest BCUT2D eigenvalue weighted by Crippen LogP contribution is 2.28. The molecule has 1 amide bonds. The Labute approximate surface area is 139 Å². The molecule has 3 rings (SSSR count). The fraction of sp³-hybridized carbons (Fsp3) is 0.438. The number of anilines is 1. The average molecular weight is 333 g/mol. The Morgan fingerprint density at radius 3 is 2.96 bits per heavy atom. The summed E-state index contributed by atoms with van der Waals surface area (Å²) in [4.78, 5) is 13.1. The molecular formula is C16H19N3O3S. The summed E-state index contributed by atoms with van der Waals surface area (Å²) in [6, 6.07) is 10.3. The molecule has 1 N–H and O–H groups in total. The van der Waals surface area contributed by atoms with Crippen molar-refractivity contribution in [1.29, 1.82) is 0 Å². The van der Waals surface area contributed by atoms with Crippen LogP contribution in [0.1, 0.15) is 37.7 Å². The lowest BCUT2D eigenvalue weighted by Crippen LogP contribution is -2.11. The summed E-state index contributed by atoms with van der Waals surface area (Å²) >= 11 is 1.74. The highest BCUT2D eigenvalue weighted by atomic mass is 32.2. The minimum absolute atomic E-state index is 0.110. The predicted molar refractivity (Wildman–Crippen MR) is 87.3 cm³/mol. The van der Waals surface area contributed by atoms with Gasteiger partial charge in [-0.1, -0.05) is 23.3 Å². The summed E-state index contributed by atoms with van der Waals surface area (Å²) < 4.78 is 10.9. The maximum atomic E-state index is 11.9. The number of thioether (sulfide) groups is 1. The first-order chi connectivity index (χ1) is 11.3. The van der Waals surface area contributed by atoms with Crippen LogP contribution in [0.5, 0.6) is 0 Å². The number of nitrogens with one attached hydrogen (secondary N) is 1. The molecule has 1 aromatic heterocycles. The van der Waals surface area contributed by atoms with Gasteiger partial charge in [0.15, 0.2) is 0 Å². The number of nitrogens with zero attached hydrogens (tertiary/aromatic N) is 2. The van der Waals surface area contributed by atoms with E-state index in [0.29, 0.717) is 18.9 Å². The Hall–Kier alpha value is -1.86. The van der Waals surface area contributed by atoms with E-state index >= 15 is 0 Å². The minimum Gasteiger partial charge on any atom is -0.405 e. The lowest BCUT2D eigenvalue weighted by molar-refractivity contribution is -0.116. The molecule has 23 heavy (non-hydrogen) atoms. The number of hydrogen-bond donors (Lipinski definition) is 1. The Balaban J connectivity index is 1.37. The molecule has 0 saturated carbocycles. The van der Waals surface area contributed by atoms with Crippen LogP contribution in [-0.4, -0.2) is 28.5 Å². The molecule has 1 aliphatic heterocycles. The standard InChI is InChI=1S/C16H19N3O3S/c20-14(9-5-11-23-12-6-2-1-3-7-12)17-16-19-18-15(22-16)13-8-4-10-21-13/h1-3,6-7,13H,4-5,8-11H2,(H,17,19,20). The second-order valence-electron chi connectivity index (χ2n) is 5.26. The van der Waals surface area contributed by atoms with Crippen molar-refractivity contribution in [2.24, 2.45) is 0 Å². The van der Waals surface area contributed by atoms with E-state index in [1.807, 2.05) is 18.2 Å². The van der Waals surface area contributed by atoms with E-state index in [2.05, 4.69) is 27.6 Å². The molecule has 2 aromatic rings. The molecule has 1 aliphatic rings. The fourth-order valence-corrected chi connectivity index (χ4v) is 3.18. The molecule has 0 bridgehead atoms. The summed E-state index contributed by atoms with van der Waals surface area (Å²) in [5.41, 5.74) is 0. The molecule has 1 unspecified atom stereocenters. The zero-order valence-corrected chi connectivity index (χ0v) is 13.6. The molecule has 0 radical (unpaired) electrons. The molecule has 1 saturated heterocycles. The molecule has 1 fully saturated rings. The van der Waals surface area contributed by atoms with Crippen LogP contribution in [0.4, 0.5) is 6.01 Å². The van der Waals surface area contributed by atoms with E-state index in [4.69, 9.17) is 9.15 Å². The first-order valence-corrected chi connectivity index (χ1v) is 8.72. The molecule has 1 aromatic carbocycles. The van der Waals surface area contributed by atoms with Crippen molar-refractivity contribution >= 4 is 23.7 Å². The third-order valence-corrected chi connectivity index (χ3v) is 4.55. The van der Waals surface area contributed by atoms with Crippen LogP contribution >= 0.6 is 11.8 Å². The summed E-state index contributed by atoms with van der Waals surface area (Å²) in [5, 5.41) is 10.4. The maximum Gasteiger partial charge on any atom is 0.322 e. The number of rotatable bonds is 7. The monoisotopic (exact) mass is 333 g/mol. The van der Waals surface area contributed by atoms with Crippen LogP contribution in [0.15, 0.2) is 39.6 Å². The number of carbonyl (C=O) groups excluding carboxylic acids is 1. The highest BCUT2D eigenvalue weighted by Gasteiger charge is 2.23. The minimum atomic E-state index is -0.129. The van der Waals surface area contributed by atoms with E-state index in [0.717, 1.165) is 25.0 Å². The molecule has 2 heterocycles. The van der Waals surface area contributed by atoms with Gasteiger partial charge in [-0.2, -0.15) is 0 Å². The van der Waals surface area contributed by atoms with Gasteiger partial charge in [-0.3, -0.25) is 10.1 Å². The Bertz CT molecular complexity index is 627. The topological polar surface area (TPSA) is 77.2 Å². The van der Waals surface area contributed by atoms with Gasteiger partial charge in [0.25, 0.3) is 0 Å². The maximum absolute atomic E-state index is 11.9. The summed E-state index contributed by atoms with van der Waals surface area (Å²) in [6.07, 6.45) is 2.96. The van der Waals surface area contributed by atoms with Gasteiger partial charge in [-0.25, -0.2) is 0 Å². The van der Waals surface area contributed by atoms with Gasteiger partial charge < -0.3 is 9.15 Å². The summed E-state index contributed by atoms with van der Waals surface area (Å²) in [5.74, 6) is 1.22. The second-order valence-corrected chi connectivity index (χ2v) is 6.43. The molecule has 122 valence electrons. The lowest BCUT2D eigenvalue weighted by atomic mass is 10.2. The first kappa shape index (κ1) is 16.0. The summed E-state index contributed by atoms with van der Waals surface area (Å²) in [6.45, 7) is 0.716. The average Bonchev–Trinajstić information content (AvgIpc) is 3.24. The first-order valence-electron chi connectivity index (χ1n) is 7.74. The van der Waals surface area contributed by atoms with Crippen LogP contribution in [0.3, 0.4) is 0 Å². The van der Waals surface area contributed by atoms with E-state index in [-0.39, 0.29) is 18.0 Å². The fourth-order valence-electron chi connectivity index (χ4n) is 2.31. The van der Waals surface area contributed by atoms with Gasteiger partial charge >= 0.3 is 6.01 Å². The summed E-state index contributed by atoms with van der Waals surface area (Å²) in [7, 11) is 0. The van der Waals surface area contributed by atoms with Crippen molar-refractivity contribution in [3.8, 4) is 0 Å². The highest BCUT2D eigenvalue weighted by molar-refractivity contribution is 7.99. The number of hydrogen-bond acceptors (Lipinski definition) is 6. The largest absolute Gasteiger partial charge is 0.405 e. The van der Waals surface area contributed by atoms with Gasteiger partial charge in [0, 0.05) is 17.9 Å². The Morgan fingerprint density at radius 1 is 1.30 bits per heavy atom. The van der Waals surface area contributed by atoms with Gasteiger partial charge in [-0.05, 0) is 37.1 Å². The van der Waals surface area contributed by atoms with Crippen LogP contribution in [0.25, 0.3) is 0 Å². The third kappa shape index (κ3) is 4.80. The smallest absolute Gasteiger partial charge is 0.322 e.